The fourth-order valence-corrected chi connectivity index (χ4v) is 5.58. The molecule has 2 aliphatic heterocycles. The van der Waals surface area contributed by atoms with Crippen molar-refractivity contribution in [2.24, 2.45) is 0 Å². The lowest BCUT2D eigenvalue weighted by Crippen LogP contribution is -2.44. The number of esters is 1. The van der Waals surface area contributed by atoms with Crippen molar-refractivity contribution < 1.29 is 22.7 Å². The Bertz CT molecular complexity index is 1320. The van der Waals surface area contributed by atoms with Gasteiger partial charge in [0.25, 0.3) is 0 Å². The summed E-state index contributed by atoms with van der Waals surface area (Å²) in [5, 5.41) is 2.63. The summed E-state index contributed by atoms with van der Waals surface area (Å²) < 4.78 is 51.1. The molecule has 3 heterocycles. The molecule has 1 unspecified atom stereocenters. The Balaban J connectivity index is 1.79. The third kappa shape index (κ3) is 3.48. The number of thioether (sulfide) groups is 1. The minimum Gasteiger partial charge on any atom is -0.462 e. The second kappa shape index (κ2) is 8.42. The molecule has 2 aliphatic rings. The lowest BCUT2D eigenvalue weighted by atomic mass is 10.1. The fraction of sp³-hybridized carbons (Fsp3) is 0.304. The van der Waals surface area contributed by atoms with Crippen LogP contribution < -0.4 is 15.6 Å². The van der Waals surface area contributed by atoms with Gasteiger partial charge >= 0.3 is 5.97 Å². The molecule has 6 nitrogen and oxygen atoms in total. The summed E-state index contributed by atoms with van der Waals surface area (Å²) in [6, 6.07) is 6.68. The smallest absolute Gasteiger partial charge is 0.344 e. The summed E-state index contributed by atoms with van der Waals surface area (Å²) in [5.74, 6) is -2.98. The Kier molecular flexibility index (Phi) is 5.57. The Morgan fingerprint density at radius 3 is 2.55 bits per heavy atom. The average molecular weight is 475 g/mol. The maximum absolute atomic E-state index is 16.0. The number of ether oxygens (including phenoxy) is 1. The first-order valence-corrected chi connectivity index (χ1v) is 11.5. The molecule has 5 rings (SSSR count). The zero-order valence-corrected chi connectivity index (χ0v) is 18.5. The molecule has 10 heteroatoms. The molecule has 1 saturated heterocycles. The third-order valence-corrected chi connectivity index (χ3v) is 7.17. The van der Waals surface area contributed by atoms with Gasteiger partial charge in [-0.25, -0.2) is 18.0 Å². The monoisotopic (exact) mass is 475 g/mol. The van der Waals surface area contributed by atoms with Gasteiger partial charge in [-0.15, -0.1) is 0 Å². The molecular formula is C23H20F3N3O3S. The van der Waals surface area contributed by atoms with E-state index in [1.165, 1.54) is 28.5 Å². The quantitative estimate of drug-likeness (QED) is 0.582. The van der Waals surface area contributed by atoms with E-state index in [1.54, 1.807) is 24.0 Å². The minimum absolute atomic E-state index is 0.0481. The van der Waals surface area contributed by atoms with Crippen LogP contribution in [0.2, 0.25) is 0 Å². The number of rotatable bonds is 4. The molecule has 1 fully saturated rings. The number of carbonyl (C=O) groups is 1. The van der Waals surface area contributed by atoms with Crippen molar-refractivity contribution in [1.29, 1.82) is 0 Å². The van der Waals surface area contributed by atoms with Gasteiger partial charge in [0.15, 0.2) is 5.82 Å². The first-order chi connectivity index (χ1) is 15.9. The van der Waals surface area contributed by atoms with Gasteiger partial charge in [0.05, 0.1) is 22.5 Å². The number of halogens is 3. The molecule has 33 heavy (non-hydrogen) atoms. The van der Waals surface area contributed by atoms with Crippen LogP contribution in [0.4, 0.5) is 18.9 Å². The van der Waals surface area contributed by atoms with Gasteiger partial charge in [-0.3, -0.25) is 4.79 Å². The molecule has 0 amide bonds. The predicted molar refractivity (Wildman–Crippen MR) is 120 cm³/mol. The van der Waals surface area contributed by atoms with E-state index < -0.39 is 34.2 Å². The average Bonchev–Trinajstić information content (AvgIpc) is 2.78. The van der Waals surface area contributed by atoms with E-state index in [9.17, 15) is 14.0 Å². The maximum Gasteiger partial charge on any atom is 0.344 e. The number of hydrogen-bond donors (Lipinski definition) is 1. The van der Waals surface area contributed by atoms with Crippen LogP contribution >= 0.6 is 11.8 Å². The highest BCUT2D eigenvalue weighted by Crippen LogP contribution is 2.51. The van der Waals surface area contributed by atoms with Crippen LogP contribution in [0.15, 0.2) is 40.2 Å². The standard InChI is InChI=1S/C23H20F3N3O3S/c1-2-32-23(31)16-20(30)14-11-15(25)19(28-9-7-27-8-10-28)17(26)18(14)29-21(33-22(16)29)12-3-5-13(24)6-4-12/h3-6,11,21,27H,2,7-10H2,1H3. The molecule has 0 spiro atoms. The summed E-state index contributed by atoms with van der Waals surface area (Å²) in [6.45, 7) is 3.62. The van der Waals surface area contributed by atoms with E-state index in [2.05, 4.69) is 5.32 Å². The number of aromatic nitrogens is 1. The lowest BCUT2D eigenvalue weighted by molar-refractivity contribution is 0.0518. The number of benzene rings is 2. The maximum atomic E-state index is 16.0. The molecular weight excluding hydrogens is 455 g/mol. The summed E-state index contributed by atoms with van der Waals surface area (Å²) in [6.07, 6.45) is 0. The van der Waals surface area contributed by atoms with Gasteiger partial charge in [-0.05, 0) is 30.7 Å². The Labute approximate surface area is 191 Å². The van der Waals surface area contributed by atoms with Crippen LogP contribution in [-0.2, 0) is 4.74 Å². The number of piperazine rings is 1. The first-order valence-electron chi connectivity index (χ1n) is 10.6. The molecule has 172 valence electrons. The normalized spacial score (nSPS) is 17.6. The number of anilines is 1. The Morgan fingerprint density at radius 2 is 1.88 bits per heavy atom. The summed E-state index contributed by atoms with van der Waals surface area (Å²) in [5.41, 5.74) is -0.644. The van der Waals surface area contributed by atoms with Gasteiger partial charge in [-0.2, -0.15) is 0 Å². The van der Waals surface area contributed by atoms with Gasteiger partial charge in [0.2, 0.25) is 5.43 Å². The largest absolute Gasteiger partial charge is 0.462 e. The predicted octanol–water partition coefficient (Wildman–Crippen LogP) is 3.66. The van der Waals surface area contributed by atoms with Crippen LogP contribution in [0.3, 0.4) is 0 Å². The zero-order valence-electron chi connectivity index (χ0n) is 17.7. The van der Waals surface area contributed by atoms with Crippen molar-refractivity contribution in [3.05, 3.63) is 69.1 Å². The fourth-order valence-electron chi connectivity index (χ4n) is 4.32. The second-order valence-electron chi connectivity index (χ2n) is 7.78. The topological polar surface area (TPSA) is 63.6 Å². The van der Waals surface area contributed by atoms with Gasteiger partial charge in [0.1, 0.15) is 28.3 Å². The van der Waals surface area contributed by atoms with Crippen molar-refractivity contribution in [2.45, 2.75) is 17.3 Å². The molecule has 1 N–H and O–H groups in total. The van der Waals surface area contributed by atoms with Gasteiger partial charge in [-0.1, -0.05) is 23.9 Å². The van der Waals surface area contributed by atoms with E-state index in [-0.39, 0.29) is 33.8 Å². The number of pyridine rings is 1. The molecule has 0 bridgehead atoms. The second-order valence-corrected chi connectivity index (χ2v) is 8.84. The van der Waals surface area contributed by atoms with Crippen LogP contribution in [0.5, 0.6) is 0 Å². The third-order valence-electron chi connectivity index (χ3n) is 5.84. The molecule has 0 radical (unpaired) electrons. The Hall–Kier alpha value is -2.98. The van der Waals surface area contributed by atoms with E-state index in [4.69, 9.17) is 4.74 Å². The van der Waals surface area contributed by atoms with Gasteiger partial charge in [0, 0.05) is 26.2 Å². The minimum atomic E-state index is -0.861. The van der Waals surface area contributed by atoms with E-state index in [1.807, 2.05) is 0 Å². The van der Waals surface area contributed by atoms with Crippen LogP contribution in [0.25, 0.3) is 10.9 Å². The molecule has 1 aromatic heterocycles. The van der Waals surface area contributed by atoms with E-state index in [0.717, 1.165) is 6.07 Å². The number of nitrogens with one attached hydrogen (secondary N) is 1. The van der Waals surface area contributed by atoms with Crippen molar-refractivity contribution in [2.75, 3.05) is 37.7 Å². The highest BCUT2D eigenvalue weighted by atomic mass is 32.2. The van der Waals surface area contributed by atoms with E-state index in [0.29, 0.717) is 31.7 Å². The van der Waals surface area contributed by atoms with Crippen molar-refractivity contribution in [3.63, 3.8) is 0 Å². The molecule has 2 aromatic carbocycles. The zero-order chi connectivity index (χ0) is 23.3. The van der Waals surface area contributed by atoms with E-state index >= 15 is 8.78 Å². The molecule has 0 saturated carbocycles. The van der Waals surface area contributed by atoms with Crippen LogP contribution in [0, 0.1) is 17.5 Å². The molecule has 1 atom stereocenters. The lowest BCUT2D eigenvalue weighted by Gasteiger charge is -2.37. The van der Waals surface area contributed by atoms with Crippen LogP contribution in [-0.4, -0.2) is 43.3 Å². The summed E-state index contributed by atoms with van der Waals surface area (Å²) >= 11 is 1.18. The van der Waals surface area contributed by atoms with Crippen molar-refractivity contribution in [3.8, 4) is 0 Å². The summed E-state index contributed by atoms with van der Waals surface area (Å²) in [7, 11) is 0. The number of nitrogens with zero attached hydrogens (tertiary/aromatic N) is 2. The highest BCUT2D eigenvalue weighted by molar-refractivity contribution is 8.00. The number of fused-ring (bicyclic) bond motifs is 3. The number of hydrogen-bond acceptors (Lipinski definition) is 6. The van der Waals surface area contributed by atoms with Crippen molar-refractivity contribution in [1.82, 2.24) is 9.88 Å². The number of carbonyl (C=O) groups excluding carboxylic acids is 1. The van der Waals surface area contributed by atoms with Crippen LogP contribution in [0.1, 0.15) is 28.2 Å². The summed E-state index contributed by atoms with van der Waals surface area (Å²) in [4.78, 5) is 27.4. The highest BCUT2D eigenvalue weighted by Gasteiger charge is 2.39. The SMILES string of the molecule is CCOC(=O)c1c2n(c3c(F)c(N4CCNCC4)c(F)cc3c1=O)C(c1ccc(F)cc1)S2. The van der Waals surface area contributed by atoms with Gasteiger partial charge < -0.3 is 19.5 Å². The molecule has 3 aromatic rings. The first kappa shape index (κ1) is 21.8. The Morgan fingerprint density at radius 1 is 1.18 bits per heavy atom. The van der Waals surface area contributed by atoms with Crippen molar-refractivity contribution >= 4 is 34.3 Å². The molecule has 0 aliphatic carbocycles.